The van der Waals surface area contributed by atoms with Crippen molar-refractivity contribution in [2.24, 2.45) is 10.7 Å². The van der Waals surface area contributed by atoms with Gasteiger partial charge in [-0.3, -0.25) is 4.99 Å². The number of aliphatic imine (C=N–C) groups is 1. The van der Waals surface area contributed by atoms with Crippen LogP contribution in [0.15, 0.2) is 23.2 Å². The van der Waals surface area contributed by atoms with Gasteiger partial charge in [-0.1, -0.05) is 18.9 Å². The van der Waals surface area contributed by atoms with E-state index in [-0.39, 0.29) is 0 Å². The Balaban J connectivity index is 1.79. The predicted octanol–water partition coefficient (Wildman–Crippen LogP) is 2.91. The Labute approximate surface area is 128 Å². The predicted molar refractivity (Wildman–Crippen MR) is 90.9 cm³/mol. The molecule has 116 valence electrons. The van der Waals surface area contributed by atoms with Gasteiger partial charge in [0.15, 0.2) is 5.96 Å². The first kappa shape index (κ1) is 15.8. The molecule has 0 unspecified atom stereocenters. The second-order valence-electron chi connectivity index (χ2n) is 5.95. The molecule has 4 nitrogen and oxygen atoms in total. The molecule has 1 aliphatic heterocycles. The molecule has 21 heavy (non-hydrogen) atoms. The standard InChI is InChI=1S/C17H28N4/c1-14-7-8-16(13-15(14)2)20-17(18)19-9-12-21-10-5-3-4-6-11-21/h7-8,13H,3-6,9-12H2,1-2H3,(H3,18,19,20). The molecule has 1 fully saturated rings. The lowest BCUT2D eigenvalue weighted by Gasteiger charge is -2.18. The number of nitrogens with zero attached hydrogens (tertiary/aromatic N) is 2. The third-order valence-electron chi connectivity index (χ3n) is 4.18. The largest absolute Gasteiger partial charge is 0.370 e. The molecule has 2 rings (SSSR count). The fraction of sp³-hybridized carbons (Fsp3) is 0.588. The number of anilines is 1. The number of nitrogens with two attached hydrogens (primary N) is 1. The lowest BCUT2D eigenvalue weighted by molar-refractivity contribution is 0.293. The van der Waals surface area contributed by atoms with E-state index < -0.39 is 0 Å². The molecule has 0 bridgehead atoms. The zero-order valence-electron chi connectivity index (χ0n) is 13.4. The first-order valence-electron chi connectivity index (χ1n) is 8.02. The average molecular weight is 288 g/mol. The smallest absolute Gasteiger partial charge is 0.193 e. The summed E-state index contributed by atoms with van der Waals surface area (Å²) >= 11 is 0. The SMILES string of the molecule is Cc1ccc(NC(N)=NCCN2CCCCCC2)cc1C. The van der Waals surface area contributed by atoms with Crippen molar-refractivity contribution in [2.75, 3.05) is 31.5 Å². The maximum atomic E-state index is 5.96. The average Bonchev–Trinajstić information content (AvgIpc) is 2.72. The zero-order valence-corrected chi connectivity index (χ0v) is 13.4. The minimum atomic E-state index is 0.507. The Kier molecular flexibility index (Phi) is 6.05. The van der Waals surface area contributed by atoms with Gasteiger partial charge < -0.3 is 16.0 Å². The number of hydrogen-bond acceptors (Lipinski definition) is 2. The molecular weight excluding hydrogens is 260 g/mol. The second-order valence-corrected chi connectivity index (χ2v) is 5.95. The molecule has 0 spiro atoms. The third-order valence-corrected chi connectivity index (χ3v) is 4.18. The molecule has 0 saturated carbocycles. The van der Waals surface area contributed by atoms with Gasteiger partial charge in [0.1, 0.15) is 0 Å². The molecule has 1 aliphatic rings. The molecule has 1 aromatic rings. The zero-order chi connectivity index (χ0) is 15.1. The first-order valence-corrected chi connectivity index (χ1v) is 8.02. The van der Waals surface area contributed by atoms with E-state index in [4.69, 9.17) is 5.73 Å². The number of guanidine groups is 1. The van der Waals surface area contributed by atoms with Crippen molar-refractivity contribution in [1.29, 1.82) is 0 Å². The minimum absolute atomic E-state index is 0.507. The van der Waals surface area contributed by atoms with Crippen LogP contribution < -0.4 is 11.1 Å². The molecule has 0 radical (unpaired) electrons. The molecule has 4 heteroatoms. The van der Waals surface area contributed by atoms with Crippen molar-refractivity contribution in [2.45, 2.75) is 39.5 Å². The Morgan fingerprint density at radius 2 is 1.86 bits per heavy atom. The molecule has 0 aliphatic carbocycles. The summed E-state index contributed by atoms with van der Waals surface area (Å²) in [7, 11) is 0. The third kappa shape index (κ3) is 5.38. The van der Waals surface area contributed by atoms with E-state index in [1.807, 2.05) is 6.07 Å². The summed E-state index contributed by atoms with van der Waals surface area (Å²) in [6.07, 6.45) is 5.38. The van der Waals surface area contributed by atoms with E-state index in [9.17, 15) is 0 Å². The number of likely N-dealkylation sites (tertiary alicyclic amines) is 1. The number of aryl methyl sites for hydroxylation is 2. The van der Waals surface area contributed by atoms with Gasteiger partial charge in [-0.05, 0) is 63.0 Å². The van der Waals surface area contributed by atoms with Gasteiger partial charge in [0.25, 0.3) is 0 Å². The topological polar surface area (TPSA) is 53.6 Å². The summed E-state index contributed by atoms with van der Waals surface area (Å²) in [5.74, 6) is 0.507. The molecule has 0 atom stereocenters. The van der Waals surface area contributed by atoms with Crippen LogP contribution in [0.3, 0.4) is 0 Å². The van der Waals surface area contributed by atoms with Gasteiger partial charge in [0.2, 0.25) is 0 Å². The van der Waals surface area contributed by atoms with E-state index in [1.54, 1.807) is 0 Å². The van der Waals surface area contributed by atoms with E-state index >= 15 is 0 Å². The highest BCUT2D eigenvalue weighted by Gasteiger charge is 2.07. The Bertz CT molecular complexity index is 474. The van der Waals surface area contributed by atoms with Crippen molar-refractivity contribution < 1.29 is 0 Å². The summed E-state index contributed by atoms with van der Waals surface area (Å²) in [6.45, 7) is 8.41. The number of benzene rings is 1. The van der Waals surface area contributed by atoms with Crippen LogP contribution in [0.25, 0.3) is 0 Å². The molecular formula is C17H28N4. The summed E-state index contributed by atoms with van der Waals surface area (Å²) in [5.41, 5.74) is 9.52. The molecule has 1 aromatic carbocycles. The highest BCUT2D eigenvalue weighted by atomic mass is 15.1. The first-order chi connectivity index (χ1) is 10.1. The van der Waals surface area contributed by atoms with Crippen molar-refractivity contribution in [3.63, 3.8) is 0 Å². The number of hydrogen-bond donors (Lipinski definition) is 2. The van der Waals surface area contributed by atoms with Gasteiger partial charge in [-0.25, -0.2) is 0 Å². The van der Waals surface area contributed by atoms with Crippen LogP contribution in [-0.4, -0.2) is 37.0 Å². The van der Waals surface area contributed by atoms with E-state index in [0.717, 1.165) is 18.8 Å². The van der Waals surface area contributed by atoms with Crippen LogP contribution in [0, 0.1) is 13.8 Å². The van der Waals surface area contributed by atoms with Crippen molar-refractivity contribution in [3.05, 3.63) is 29.3 Å². The molecule has 1 heterocycles. The Morgan fingerprint density at radius 1 is 1.14 bits per heavy atom. The van der Waals surface area contributed by atoms with Gasteiger partial charge >= 0.3 is 0 Å². The molecule has 3 N–H and O–H groups in total. The maximum Gasteiger partial charge on any atom is 0.193 e. The fourth-order valence-corrected chi connectivity index (χ4v) is 2.68. The highest BCUT2D eigenvalue weighted by molar-refractivity contribution is 5.92. The highest BCUT2D eigenvalue weighted by Crippen LogP contribution is 2.13. The lowest BCUT2D eigenvalue weighted by atomic mass is 10.1. The van der Waals surface area contributed by atoms with Crippen LogP contribution in [0.2, 0.25) is 0 Å². The summed E-state index contributed by atoms with van der Waals surface area (Å²) in [6, 6.07) is 6.24. The summed E-state index contributed by atoms with van der Waals surface area (Å²) in [5, 5.41) is 3.17. The molecule has 0 aromatic heterocycles. The van der Waals surface area contributed by atoms with Gasteiger partial charge in [0.05, 0.1) is 6.54 Å². The monoisotopic (exact) mass is 288 g/mol. The lowest BCUT2D eigenvalue weighted by Crippen LogP contribution is -2.29. The number of nitrogens with one attached hydrogen (secondary N) is 1. The van der Waals surface area contributed by atoms with Crippen molar-refractivity contribution in [3.8, 4) is 0 Å². The van der Waals surface area contributed by atoms with Crippen LogP contribution in [0.1, 0.15) is 36.8 Å². The molecule has 1 saturated heterocycles. The van der Waals surface area contributed by atoms with Gasteiger partial charge in [0, 0.05) is 12.2 Å². The van der Waals surface area contributed by atoms with Crippen molar-refractivity contribution in [1.82, 2.24) is 4.90 Å². The maximum absolute atomic E-state index is 5.96. The van der Waals surface area contributed by atoms with Crippen LogP contribution in [0.4, 0.5) is 5.69 Å². The van der Waals surface area contributed by atoms with Crippen LogP contribution in [-0.2, 0) is 0 Å². The van der Waals surface area contributed by atoms with Gasteiger partial charge in [-0.2, -0.15) is 0 Å². The van der Waals surface area contributed by atoms with Crippen molar-refractivity contribution >= 4 is 11.6 Å². The summed E-state index contributed by atoms with van der Waals surface area (Å²) in [4.78, 5) is 6.94. The minimum Gasteiger partial charge on any atom is -0.370 e. The second kappa shape index (κ2) is 8.03. The van der Waals surface area contributed by atoms with Crippen LogP contribution >= 0.6 is 0 Å². The van der Waals surface area contributed by atoms with Gasteiger partial charge in [-0.15, -0.1) is 0 Å². The van der Waals surface area contributed by atoms with E-state index in [1.165, 1.54) is 49.9 Å². The quantitative estimate of drug-likeness (QED) is 0.661. The Morgan fingerprint density at radius 3 is 2.52 bits per heavy atom. The molecule has 0 amide bonds. The summed E-state index contributed by atoms with van der Waals surface area (Å²) < 4.78 is 0. The van der Waals surface area contributed by atoms with E-state index in [0.29, 0.717) is 5.96 Å². The normalized spacial score (nSPS) is 17.5. The van der Waals surface area contributed by atoms with E-state index in [2.05, 4.69) is 41.2 Å². The fourth-order valence-electron chi connectivity index (χ4n) is 2.68. The Hall–Kier alpha value is -1.55. The van der Waals surface area contributed by atoms with Crippen LogP contribution in [0.5, 0.6) is 0 Å². The number of rotatable bonds is 4.